The van der Waals surface area contributed by atoms with Crippen LogP contribution >= 0.6 is 23.7 Å². The standard InChI is InChI=1S/C12H17N3O2S.ClH/c1-6(2)9(13)11(17)15-12-14-7-4-3-5-8(16)10(7)18-12;/h6,9H,3-5,13H2,1-2H3,(H,14,15,17);1H/t9-;/m0./s1. The molecule has 7 heteroatoms. The fraction of sp³-hybridized carbons (Fsp3) is 0.583. The van der Waals surface area contributed by atoms with Gasteiger partial charge in [-0.2, -0.15) is 0 Å². The van der Waals surface area contributed by atoms with Gasteiger partial charge in [-0.25, -0.2) is 4.98 Å². The van der Waals surface area contributed by atoms with Gasteiger partial charge in [-0.15, -0.1) is 12.4 Å². The van der Waals surface area contributed by atoms with E-state index in [4.69, 9.17) is 5.73 Å². The number of aromatic nitrogens is 1. The van der Waals surface area contributed by atoms with Crippen molar-refractivity contribution < 1.29 is 9.59 Å². The summed E-state index contributed by atoms with van der Waals surface area (Å²) in [7, 11) is 0. The summed E-state index contributed by atoms with van der Waals surface area (Å²) in [6, 6.07) is -0.554. The molecular weight excluding hydrogens is 286 g/mol. The molecule has 0 fully saturated rings. The van der Waals surface area contributed by atoms with Gasteiger partial charge in [0.2, 0.25) is 5.91 Å². The zero-order valence-electron chi connectivity index (χ0n) is 10.9. The van der Waals surface area contributed by atoms with E-state index < -0.39 is 6.04 Å². The Bertz CT molecular complexity index is 487. The summed E-state index contributed by atoms with van der Waals surface area (Å²) in [6.45, 7) is 3.78. The normalized spacial score (nSPS) is 15.7. The van der Waals surface area contributed by atoms with Gasteiger partial charge in [-0.1, -0.05) is 25.2 Å². The summed E-state index contributed by atoms with van der Waals surface area (Å²) in [5.41, 5.74) is 6.57. The molecule has 0 unspecified atom stereocenters. The van der Waals surface area contributed by atoms with Crippen molar-refractivity contribution in [1.29, 1.82) is 0 Å². The molecule has 1 aliphatic rings. The quantitative estimate of drug-likeness (QED) is 0.894. The number of carbonyl (C=O) groups is 2. The molecule has 0 spiro atoms. The third kappa shape index (κ3) is 3.52. The number of carbonyl (C=O) groups excluding carboxylic acids is 2. The van der Waals surface area contributed by atoms with E-state index in [1.165, 1.54) is 11.3 Å². The van der Waals surface area contributed by atoms with Gasteiger partial charge in [0.1, 0.15) is 0 Å². The number of fused-ring (bicyclic) bond motifs is 1. The molecule has 1 aromatic rings. The van der Waals surface area contributed by atoms with Gasteiger partial charge < -0.3 is 11.1 Å². The van der Waals surface area contributed by atoms with Crippen LogP contribution in [0.25, 0.3) is 0 Å². The second-order valence-corrected chi connectivity index (χ2v) is 5.83. The predicted molar refractivity (Wildman–Crippen MR) is 78.1 cm³/mol. The van der Waals surface area contributed by atoms with Gasteiger partial charge in [-0.05, 0) is 18.8 Å². The van der Waals surface area contributed by atoms with Crippen LogP contribution in [-0.4, -0.2) is 22.7 Å². The number of hydrogen-bond donors (Lipinski definition) is 2. The van der Waals surface area contributed by atoms with Crippen molar-refractivity contribution in [3.05, 3.63) is 10.6 Å². The number of Topliss-reactive ketones (excluding diaryl/α,β-unsaturated/α-hetero) is 1. The number of hydrogen-bond acceptors (Lipinski definition) is 5. The Hall–Kier alpha value is -0.980. The van der Waals surface area contributed by atoms with Crippen LogP contribution in [0.3, 0.4) is 0 Å². The maximum absolute atomic E-state index is 11.8. The summed E-state index contributed by atoms with van der Waals surface area (Å²) in [5, 5.41) is 3.17. The fourth-order valence-electron chi connectivity index (χ4n) is 1.81. The molecule has 1 heterocycles. The Morgan fingerprint density at radius 2 is 2.11 bits per heavy atom. The number of nitrogens with zero attached hydrogens (tertiary/aromatic N) is 1. The van der Waals surface area contributed by atoms with Crippen molar-refractivity contribution in [1.82, 2.24) is 4.98 Å². The van der Waals surface area contributed by atoms with E-state index in [0.717, 1.165) is 18.5 Å². The van der Waals surface area contributed by atoms with Crippen molar-refractivity contribution >= 4 is 40.6 Å². The maximum Gasteiger partial charge on any atom is 0.243 e. The lowest BCUT2D eigenvalue weighted by Gasteiger charge is -2.13. The van der Waals surface area contributed by atoms with Crippen molar-refractivity contribution in [3.8, 4) is 0 Å². The number of aryl methyl sites for hydroxylation is 1. The number of anilines is 1. The lowest BCUT2D eigenvalue weighted by molar-refractivity contribution is -0.118. The molecule has 5 nitrogen and oxygen atoms in total. The van der Waals surface area contributed by atoms with Gasteiger partial charge in [-0.3, -0.25) is 9.59 Å². The third-order valence-corrected chi connectivity index (χ3v) is 4.07. The Kier molecular flexibility index (Phi) is 5.46. The van der Waals surface area contributed by atoms with Crippen LogP contribution in [0.1, 0.15) is 42.1 Å². The monoisotopic (exact) mass is 303 g/mol. The van der Waals surface area contributed by atoms with Crippen LogP contribution in [-0.2, 0) is 11.2 Å². The van der Waals surface area contributed by atoms with E-state index in [-0.39, 0.29) is 30.0 Å². The number of thiazole rings is 1. The molecule has 0 aromatic carbocycles. The van der Waals surface area contributed by atoms with Gasteiger partial charge in [0.05, 0.1) is 16.6 Å². The zero-order valence-corrected chi connectivity index (χ0v) is 12.6. The molecule has 0 saturated heterocycles. The average Bonchev–Trinajstić information content (AvgIpc) is 2.71. The van der Waals surface area contributed by atoms with Crippen LogP contribution in [0.5, 0.6) is 0 Å². The highest BCUT2D eigenvalue weighted by Gasteiger charge is 2.24. The number of ketones is 1. The number of amides is 1. The maximum atomic E-state index is 11.8. The minimum Gasteiger partial charge on any atom is -0.320 e. The van der Waals surface area contributed by atoms with E-state index in [1.807, 2.05) is 13.8 Å². The Morgan fingerprint density at radius 3 is 2.68 bits per heavy atom. The average molecular weight is 304 g/mol. The van der Waals surface area contributed by atoms with E-state index >= 15 is 0 Å². The van der Waals surface area contributed by atoms with Crippen LogP contribution in [0.15, 0.2) is 0 Å². The first-order valence-corrected chi connectivity index (χ1v) is 6.90. The van der Waals surface area contributed by atoms with Gasteiger partial charge in [0.25, 0.3) is 0 Å². The number of nitrogens with two attached hydrogens (primary N) is 1. The second-order valence-electron chi connectivity index (χ2n) is 4.83. The Labute approximate surface area is 122 Å². The molecular formula is C12H18ClN3O2S. The lowest BCUT2D eigenvalue weighted by atomic mass is 10.0. The highest BCUT2D eigenvalue weighted by Crippen LogP contribution is 2.29. The Balaban J connectivity index is 0.00000180. The molecule has 0 radical (unpaired) electrons. The number of nitrogens with one attached hydrogen (secondary N) is 1. The first-order valence-electron chi connectivity index (χ1n) is 6.08. The summed E-state index contributed by atoms with van der Waals surface area (Å²) in [4.78, 5) is 28.4. The van der Waals surface area contributed by atoms with Crippen molar-refractivity contribution in [3.63, 3.8) is 0 Å². The van der Waals surface area contributed by atoms with E-state index in [0.29, 0.717) is 16.4 Å². The molecule has 1 aromatic heterocycles. The van der Waals surface area contributed by atoms with E-state index in [1.54, 1.807) is 0 Å². The van der Waals surface area contributed by atoms with Crippen molar-refractivity contribution in [2.75, 3.05) is 5.32 Å². The largest absolute Gasteiger partial charge is 0.320 e. The number of halogens is 1. The number of rotatable bonds is 3. The molecule has 19 heavy (non-hydrogen) atoms. The molecule has 0 bridgehead atoms. The molecule has 1 aliphatic carbocycles. The SMILES string of the molecule is CC(C)[C@H](N)C(=O)Nc1nc2c(s1)C(=O)CCC2.Cl. The van der Waals surface area contributed by atoms with Gasteiger partial charge >= 0.3 is 0 Å². The first-order chi connectivity index (χ1) is 8.49. The lowest BCUT2D eigenvalue weighted by Crippen LogP contribution is -2.39. The summed E-state index contributed by atoms with van der Waals surface area (Å²) >= 11 is 1.25. The second kappa shape index (κ2) is 6.45. The molecule has 3 N–H and O–H groups in total. The predicted octanol–water partition coefficient (Wildman–Crippen LogP) is 2.01. The molecule has 0 aliphatic heterocycles. The van der Waals surface area contributed by atoms with Crippen molar-refractivity contribution in [2.24, 2.45) is 11.7 Å². The topological polar surface area (TPSA) is 85.1 Å². The summed E-state index contributed by atoms with van der Waals surface area (Å²) in [6.07, 6.45) is 2.23. The molecule has 1 amide bonds. The highest BCUT2D eigenvalue weighted by atomic mass is 35.5. The minimum atomic E-state index is -0.554. The zero-order chi connectivity index (χ0) is 13.3. The van der Waals surface area contributed by atoms with Crippen LogP contribution in [0.4, 0.5) is 5.13 Å². The van der Waals surface area contributed by atoms with Gasteiger partial charge in [0.15, 0.2) is 10.9 Å². The summed E-state index contributed by atoms with van der Waals surface area (Å²) < 4.78 is 0. The first kappa shape index (κ1) is 16.1. The van der Waals surface area contributed by atoms with Crippen LogP contribution in [0.2, 0.25) is 0 Å². The fourth-order valence-corrected chi connectivity index (χ4v) is 2.80. The molecule has 2 rings (SSSR count). The summed E-state index contributed by atoms with van der Waals surface area (Å²) in [5.74, 6) is -0.0489. The van der Waals surface area contributed by atoms with Crippen LogP contribution < -0.4 is 11.1 Å². The van der Waals surface area contributed by atoms with E-state index in [9.17, 15) is 9.59 Å². The minimum absolute atomic E-state index is 0. The molecule has 106 valence electrons. The van der Waals surface area contributed by atoms with Crippen LogP contribution in [0, 0.1) is 5.92 Å². The Morgan fingerprint density at radius 1 is 1.42 bits per heavy atom. The molecule has 0 saturated carbocycles. The van der Waals surface area contributed by atoms with E-state index in [2.05, 4.69) is 10.3 Å². The molecule has 1 atom stereocenters. The highest BCUT2D eigenvalue weighted by molar-refractivity contribution is 7.17. The third-order valence-electron chi connectivity index (χ3n) is 3.02. The smallest absolute Gasteiger partial charge is 0.243 e. The van der Waals surface area contributed by atoms with Gasteiger partial charge in [0, 0.05) is 6.42 Å². The van der Waals surface area contributed by atoms with Crippen molar-refractivity contribution in [2.45, 2.75) is 39.2 Å².